The Morgan fingerprint density at radius 3 is 2.77 bits per heavy atom. The number of nitrogens with zero attached hydrogens (tertiary/aromatic N) is 2. The Balaban J connectivity index is 1.49. The number of benzene rings is 2. The van der Waals surface area contributed by atoms with Gasteiger partial charge in [0, 0.05) is 12.1 Å². The van der Waals surface area contributed by atoms with Crippen LogP contribution in [0, 0.1) is 12.7 Å². The molecule has 0 saturated carbocycles. The monoisotopic (exact) mass is 500 g/mol. The van der Waals surface area contributed by atoms with E-state index in [9.17, 15) is 19.1 Å². The van der Waals surface area contributed by atoms with Crippen LogP contribution in [0.1, 0.15) is 43.7 Å². The van der Waals surface area contributed by atoms with Crippen molar-refractivity contribution in [1.82, 2.24) is 9.88 Å². The number of hydrogen-bond acceptors (Lipinski definition) is 5. The van der Waals surface area contributed by atoms with Crippen molar-refractivity contribution in [1.29, 1.82) is 0 Å². The average molecular weight is 501 g/mol. The van der Waals surface area contributed by atoms with Crippen LogP contribution in [0.5, 0.6) is 5.75 Å². The summed E-state index contributed by atoms with van der Waals surface area (Å²) in [4.78, 5) is 30.7. The highest BCUT2D eigenvalue weighted by Crippen LogP contribution is 2.32. The Morgan fingerprint density at radius 1 is 1.29 bits per heavy atom. The van der Waals surface area contributed by atoms with Gasteiger partial charge in [0.25, 0.3) is 0 Å². The molecular weight excluding hydrogens is 475 g/mol. The van der Waals surface area contributed by atoms with Crippen molar-refractivity contribution < 1.29 is 28.2 Å². The first kappa shape index (κ1) is 24.7. The third-order valence-corrected chi connectivity index (χ3v) is 6.63. The SMILES string of the molecule is Cc1oc(-c2ccc(Cl)c(F)c2)nc1COc1cccc(C(C)(C)C(=O)N2CCC[C@@H]2C(=O)O)c1. The van der Waals surface area contributed by atoms with Crippen LogP contribution in [0.25, 0.3) is 11.5 Å². The second kappa shape index (κ2) is 9.70. The van der Waals surface area contributed by atoms with Crippen LogP contribution in [-0.4, -0.2) is 39.5 Å². The van der Waals surface area contributed by atoms with Crippen molar-refractivity contribution in [3.63, 3.8) is 0 Å². The van der Waals surface area contributed by atoms with Crippen LogP contribution in [0.2, 0.25) is 5.02 Å². The molecule has 0 unspecified atom stereocenters. The zero-order valence-corrected chi connectivity index (χ0v) is 20.4. The number of halogens is 2. The number of aromatic nitrogens is 1. The molecule has 1 atom stereocenters. The molecule has 2 aromatic carbocycles. The third kappa shape index (κ3) is 5.03. The Morgan fingerprint density at radius 2 is 2.06 bits per heavy atom. The fourth-order valence-electron chi connectivity index (χ4n) is 4.19. The summed E-state index contributed by atoms with van der Waals surface area (Å²) in [7, 11) is 0. The Hall–Kier alpha value is -3.39. The van der Waals surface area contributed by atoms with E-state index in [0.717, 1.165) is 0 Å². The van der Waals surface area contributed by atoms with E-state index in [4.69, 9.17) is 20.8 Å². The van der Waals surface area contributed by atoms with Gasteiger partial charge in [0.05, 0.1) is 10.4 Å². The quantitative estimate of drug-likeness (QED) is 0.468. The predicted octanol–water partition coefficient (Wildman–Crippen LogP) is 5.37. The van der Waals surface area contributed by atoms with Crippen molar-refractivity contribution in [2.24, 2.45) is 0 Å². The lowest BCUT2D eigenvalue weighted by atomic mass is 9.83. The number of rotatable bonds is 7. The van der Waals surface area contributed by atoms with Crippen molar-refractivity contribution in [2.45, 2.75) is 51.7 Å². The minimum Gasteiger partial charge on any atom is -0.487 e. The number of ether oxygens (including phenoxy) is 1. The minimum absolute atomic E-state index is 0.0186. The summed E-state index contributed by atoms with van der Waals surface area (Å²) >= 11 is 5.75. The smallest absolute Gasteiger partial charge is 0.326 e. The van der Waals surface area contributed by atoms with Crippen LogP contribution >= 0.6 is 11.6 Å². The number of likely N-dealkylation sites (tertiary alicyclic amines) is 1. The molecular formula is C26H26ClFN2O5. The normalized spacial score (nSPS) is 15.9. The van der Waals surface area contributed by atoms with E-state index in [1.54, 1.807) is 45.0 Å². The maximum atomic E-state index is 13.8. The molecule has 1 aliphatic heterocycles. The van der Waals surface area contributed by atoms with E-state index >= 15 is 0 Å². The van der Waals surface area contributed by atoms with Gasteiger partial charge in [-0.3, -0.25) is 4.79 Å². The van der Waals surface area contributed by atoms with Gasteiger partial charge >= 0.3 is 5.97 Å². The lowest BCUT2D eigenvalue weighted by Gasteiger charge is -2.32. The molecule has 7 nitrogen and oxygen atoms in total. The first-order valence-corrected chi connectivity index (χ1v) is 11.6. The molecule has 184 valence electrons. The Bertz CT molecular complexity index is 1270. The van der Waals surface area contributed by atoms with Gasteiger partial charge in [-0.2, -0.15) is 0 Å². The first-order valence-electron chi connectivity index (χ1n) is 11.3. The number of oxazole rings is 1. The van der Waals surface area contributed by atoms with Crippen molar-refractivity contribution in [3.8, 4) is 17.2 Å². The summed E-state index contributed by atoms with van der Waals surface area (Å²) in [5, 5.41) is 9.48. The van der Waals surface area contributed by atoms with Gasteiger partial charge in [-0.05, 0) is 69.5 Å². The molecule has 0 radical (unpaired) electrons. The topological polar surface area (TPSA) is 92.9 Å². The van der Waals surface area contributed by atoms with Gasteiger partial charge in [0.1, 0.15) is 35.7 Å². The number of carboxylic acid groups (broad SMARTS) is 1. The third-order valence-electron chi connectivity index (χ3n) is 6.32. The summed E-state index contributed by atoms with van der Waals surface area (Å²) in [6.45, 7) is 5.85. The molecule has 1 aliphatic rings. The highest BCUT2D eigenvalue weighted by atomic mass is 35.5. The molecule has 1 amide bonds. The van der Waals surface area contributed by atoms with Crippen LogP contribution in [0.3, 0.4) is 0 Å². The zero-order valence-electron chi connectivity index (χ0n) is 19.7. The summed E-state index contributed by atoms with van der Waals surface area (Å²) in [6, 6.07) is 10.7. The number of hydrogen-bond donors (Lipinski definition) is 1. The van der Waals surface area contributed by atoms with Gasteiger partial charge in [-0.1, -0.05) is 23.7 Å². The first-order chi connectivity index (χ1) is 16.6. The summed E-state index contributed by atoms with van der Waals surface area (Å²) in [6.07, 6.45) is 1.13. The van der Waals surface area contributed by atoms with E-state index in [0.29, 0.717) is 47.7 Å². The van der Waals surface area contributed by atoms with E-state index < -0.39 is 23.2 Å². The van der Waals surface area contributed by atoms with Gasteiger partial charge < -0.3 is 19.2 Å². The van der Waals surface area contributed by atoms with Gasteiger partial charge in [0.2, 0.25) is 11.8 Å². The summed E-state index contributed by atoms with van der Waals surface area (Å²) in [5.41, 5.74) is 0.792. The molecule has 3 aromatic rings. The van der Waals surface area contributed by atoms with E-state index in [-0.39, 0.29) is 23.4 Å². The second-order valence-electron chi connectivity index (χ2n) is 9.09. The molecule has 4 rings (SSSR count). The fourth-order valence-corrected chi connectivity index (χ4v) is 4.31. The summed E-state index contributed by atoms with van der Waals surface area (Å²) < 4.78 is 25.4. The van der Waals surface area contributed by atoms with Crippen LogP contribution in [-0.2, 0) is 21.6 Å². The van der Waals surface area contributed by atoms with Crippen LogP contribution in [0.15, 0.2) is 46.9 Å². The lowest BCUT2D eigenvalue weighted by molar-refractivity contribution is -0.150. The molecule has 2 heterocycles. The largest absolute Gasteiger partial charge is 0.487 e. The number of amides is 1. The highest BCUT2D eigenvalue weighted by molar-refractivity contribution is 6.30. The number of carbonyl (C=O) groups excluding carboxylic acids is 1. The average Bonchev–Trinajstić information content (AvgIpc) is 3.46. The number of carboxylic acids is 1. The van der Waals surface area contributed by atoms with Crippen LogP contribution < -0.4 is 4.74 Å². The fraction of sp³-hybridized carbons (Fsp3) is 0.346. The van der Waals surface area contributed by atoms with E-state index in [1.807, 2.05) is 6.07 Å². The van der Waals surface area contributed by atoms with Gasteiger partial charge in [-0.25, -0.2) is 14.2 Å². The standard InChI is InChI=1S/C26H26ClFN2O5/c1-15-21(29-23(35-15)16-9-10-19(27)20(28)12-16)14-34-18-7-4-6-17(13-18)26(2,3)25(33)30-11-5-8-22(30)24(31)32/h4,6-7,9-10,12-13,22H,5,8,11,14H2,1-3H3,(H,31,32)/t22-/m1/s1. The van der Waals surface area contributed by atoms with Crippen molar-refractivity contribution in [2.75, 3.05) is 6.54 Å². The molecule has 9 heteroatoms. The van der Waals surface area contributed by atoms with E-state index in [2.05, 4.69) is 4.98 Å². The number of carbonyl (C=O) groups is 2. The van der Waals surface area contributed by atoms with Crippen LogP contribution in [0.4, 0.5) is 4.39 Å². The number of aliphatic carboxylic acids is 1. The Labute approximate surface area is 207 Å². The zero-order chi connectivity index (χ0) is 25.3. The molecule has 1 aromatic heterocycles. The lowest BCUT2D eigenvalue weighted by Crippen LogP contribution is -2.48. The molecule has 0 spiro atoms. The number of aryl methyl sites for hydroxylation is 1. The maximum absolute atomic E-state index is 13.8. The minimum atomic E-state index is -0.979. The Kier molecular flexibility index (Phi) is 6.85. The maximum Gasteiger partial charge on any atom is 0.326 e. The van der Waals surface area contributed by atoms with Crippen molar-refractivity contribution in [3.05, 3.63) is 70.3 Å². The molecule has 1 saturated heterocycles. The molecule has 0 aliphatic carbocycles. The summed E-state index contributed by atoms with van der Waals surface area (Å²) in [5.74, 6) is -0.442. The molecule has 35 heavy (non-hydrogen) atoms. The van der Waals surface area contributed by atoms with Gasteiger partial charge in [-0.15, -0.1) is 0 Å². The van der Waals surface area contributed by atoms with Crippen molar-refractivity contribution >= 4 is 23.5 Å². The second-order valence-corrected chi connectivity index (χ2v) is 9.49. The highest BCUT2D eigenvalue weighted by Gasteiger charge is 2.41. The molecule has 1 N–H and O–H groups in total. The van der Waals surface area contributed by atoms with E-state index in [1.165, 1.54) is 17.0 Å². The predicted molar refractivity (Wildman–Crippen MR) is 128 cm³/mol. The molecule has 0 bridgehead atoms. The van der Waals surface area contributed by atoms with Gasteiger partial charge in [0.15, 0.2) is 0 Å². The molecule has 1 fully saturated rings.